The van der Waals surface area contributed by atoms with Crippen molar-refractivity contribution in [2.24, 2.45) is 0 Å². The number of hydrogen-bond donors (Lipinski definition) is 3. The van der Waals surface area contributed by atoms with Crippen molar-refractivity contribution in [3.8, 4) is 0 Å². The SMILES string of the molecule is CN(C)C1CCN(c2cc(C(F)(F)F)ccc2Nc2cc(F)c(S(O)(Nc3cscn3)OI)cc2Cl)C1. The van der Waals surface area contributed by atoms with Crippen molar-refractivity contribution in [3.05, 3.63) is 57.6 Å². The van der Waals surface area contributed by atoms with Gasteiger partial charge in [0, 0.05) is 30.6 Å². The number of nitrogens with one attached hydrogen (secondary N) is 2. The lowest BCUT2D eigenvalue weighted by molar-refractivity contribution is -0.137. The van der Waals surface area contributed by atoms with Crippen molar-refractivity contribution in [2.45, 2.75) is 23.5 Å². The van der Waals surface area contributed by atoms with E-state index in [1.165, 1.54) is 52.0 Å². The first-order valence-electron chi connectivity index (χ1n) is 10.8. The lowest BCUT2D eigenvalue weighted by Crippen LogP contribution is -2.31. The number of anilines is 4. The molecule has 1 fully saturated rings. The molecule has 202 valence electrons. The Balaban J connectivity index is 1.68. The van der Waals surface area contributed by atoms with Gasteiger partial charge in [-0.2, -0.15) is 15.7 Å². The van der Waals surface area contributed by atoms with Crippen LogP contribution in [-0.2, 0) is 8.69 Å². The molecule has 2 heterocycles. The highest BCUT2D eigenvalue weighted by molar-refractivity contribution is 14.1. The zero-order valence-corrected chi connectivity index (χ0v) is 24.1. The molecule has 7 nitrogen and oxygen atoms in total. The van der Waals surface area contributed by atoms with E-state index in [1.807, 2.05) is 23.9 Å². The first-order chi connectivity index (χ1) is 17.4. The number of thiazole rings is 1. The Hall–Kier alpha value is -1.56. The van der Waals surface area contributed by atoms with E-state index in [0.29, 0.717) is 30.3 Å². The minimum absolute atomic E-state index is 0.0364. The fourth-order valence-electron chi connectivity index (χ4n) is 3.95. The van der Waals surface area contributed by atoms with Gasteiger partial charge in [-0.25, -0.2) is 9.37 Å². The van der Waals surface area contributed by atoms with Crippen LogP contribution >= 0.6 is 56.7 Å². The predicted molar refractivity (Wildman–Crippen MR) is 150 cm³/mol. The highest BCUT2D eigenvalue weighted by Crippen LogP contribution is 2.56. The second kappa shape index (κ2) is 11.3. The number of halogens is 6. The van der Waals surface area contributed by atoms with Crippen LogP contribution in [0.1, 0.15) is 12.0 Å². The van der Waals surface area contributed by atoms with Gasteiger partial charge in [0.15, 0.2) is 5.82 Å². The molecule has 37 heavy (non-hydrogen) atoms. The minimum atomic E-state index is -4.52. The molecule has 0 saturated carbocycles. The zero-order chi connectivity index (χ0) is 27.0. The van der Waals surface area contributed by atoms with Gasteiger partial charge in [-0.1, -0.05) is 22.4 Å². The average Bonchev–Trinajstić information content (AvgIpc) is 3.53. The average molecular weight is 692 g/mol. The van der Waals surface area contributed by atoms with Crippen LogP contribution < -0.4 is 14.9 Å². The topological polar surface area (TPSA) is 72.9 Å². The van der Waals surface area contributed by atoms with Crippen molar-refractivity contribution in [1.82, 2.24) is 9.88 Å². The molecule has 1 aliphatic rings. The van der Waals surface area contributed by atoms with Crippen LogP contribution in [0.25, 0.3) is 0 Å². The Morgan fingerprint density at radius 2 is 2.03 bits per heavy atom. The van der Waals surface area contributed by atoms with Crippen molar-refractivity contribution in [2.75, 3.05) is 42.1 Å². The van der Waals surface area contributed by atoms with E-state index < -0.39 is 28.3 Å². The van der Waals surface area contributed by atoms with Gasteiger partial charge < -0.3 is 15.1 Å². The Kier molecular flexibility index (Phi) is 8.67. The molecule has 0 radical (unpaired) electrons. The van der Waals surface area contributed by atoms with E-state index in [2.05, 4.69) is 15.0 Å². The summed E-state index contributed by atoms with van der Waals surface area (Å²) in [5.41, 5.74) is 1.55. The highest BCUT2D eigenvalue weighted by atomic mass is 127. The van der Waals surface area contributed by atoms with Gasteiger partial charge in [0.25, 0.3) is 0 Å². The number of nitrogens with zero attached hydrogens (tertiary/aromatic N) is 3. The fraction of sp³-hybridized carbons (Fsp3) is 0.318. The lowest BCUT2D eigenvalue weighted by Gasteiger charge is -2.36. The third kappa shape index (κ3) is 6.37. The van der Waals surface area contributed by atoms with Crippen LogP contribution in [0.15, 0.2) is 46.1 Å². The standard InChI is InChI=1S/C22H23ClF4IN5O2S2/c1-32(2)14-5-6-33(10-14)19-7-13(22(25,26)27)3-4-17(19)30-18-9-16(24)20(8-15(18)23)37(34,35-28)31-21-11-36-12-29-21/h3-4,7-9,11-12,14,30-31,34H,5-6,10H2,1-2H3. The molecule has 3 aromatic rings. The summed E-state index contributed by atoms with van der Waals surface area (Å²) in [5, 5.41) is 4.64. The molecule has 2 aromatic carbocycles. The van der Waals surface area contributed by atoms with Crippen molar-refractivity contribution in [1.29, 1.82) is 0 Å². The molecule has 1 aromatic heterocycles. The summed E-state index contributed by atoms with van der Waals surface area (Å²) in [5.74, 6) is -0.529. The van der Waals surface area contributed by atoms with Gasteiger partial charge in [0.2, 0.25) is 0 Å². The van der Waals surface area contributed by atoms with Gasteiger partial charge in [-0.05, 0) is 44.8 Å². The summed E-state index contributed by atoms with van der Waals surface area (Å²) in [4.78, 5) is 7.70. The second-order valence-electron chi connectivity index (χ2n) is 8.53. The predicted octanol–water partition coefficient (Wildman–Crippen LogP) is 7.78. The monoisotopic (exact) mass is 691 g/mol. The van der Waals surface area contributed by atoms with E-state index >= 15 is 4.39 Å². The molecule has 15 heteroatoms. The number of alkyl halides is 3. The van der Waals surface area contributed by atoms with Gasteiger partial charge in [0.1, 0.15) is 33.7 Å². The minimum Gasteiger partial charge on any atom is -0.368 e. The van der Waals surface area contributed by atoms with Gasteiger partial charge >= 0.3 is 6.18 Å². The molecule has 0 spiro atoms. The van der Waals surface area contributed by atoms with Gasteiger partial charge in [-0.15, -0.1) is 11.3 Å². The largest absolute Gasteiger partial charge is 0.416 e. The number of likely N-dealkylation sites (N-methyl/N-ethyl adjacent to an activating group) is 1. The van der Waals surface area contributed by atoms with Gasteiger partial charge in [0.05, 0.1) is 33.2 Å². The fourth-order valence-corrected chi connectivity index (χ4v) is 6.84. The molecule has 3 N–H and O–H groups in total. The van der Waals surface area contributed by atoms with E-state index in [0.717, 1.165) is 24.6 Å². The molecule has 0 aliphatic carbocycles. The van der Waals surface area contributed by atoms with E-state index in [9.17, 15) is 17.7 Å². The molecule has 0 bridgehead atoms. The number of benzene rings is 2. The summed E-state index contributed by atoms with van der Waals surface area (Å²) in [6.45, 7) is 1.10. The van der Waals surface area contributed by atoms with Gasteiger partial charge in [-0.3, -0.25) is 9.27 Å². The third-order valence-corrected chi connectivity index (χ3v) is 9.95. The Labute approximate surface area is 236 Å². The second-order valence-corrected chi connectivity index (χ2v) is 12.6. The molecule has 2 atom stereocenters. The highest BCUT2D eigenvalue weighted by Gasteiger charge is 2.33. The molecule has 1 aliphatic heterocycles. The summed E-state index contributed by atoms with van der Waals surface area (Å²) < 4.78 is 74.6. The molecule has 0 amide bonds. The molecular formula is C22H23ClF4IN5O2S2. The summed E-state index contributed by atoms with van der Waals surface area (Å²) in [6.07, 6.45) is -3.73. The zero-order valence-electron chi connectivity index (χ0n) is 19.5. The van der Waals surface area contributed by atoms with Crippen molar-refractivity contribution in [3.63, 3.8) is 0 Å². The Morgan fingerprint density at radius 1 is 1.27 bits per heavy atom. The van der Waals surface area contributed by atoms with E-state index in [-0.39, 0.29) is 21.6 Å². The quantitative estimate of drug-likeness (QED) is 0.165. The van der Waals surface area contributed by atoms with Crippen LogP contribution in [0.2, 0.25) is 5.02 Å². The Morgan fingerprint density at radius 3 is 2.62 bits per heavy atom. The van der Waals surface area contributed by atoms with Crippen LogP contribution in [0, 0.1) is 5.82 Å². The number of rotatable bonds is 8. The molecular weight excluding hydrogens is 669 g/mol. The summed E-state index contributed by atoms with van der Waals surface area (Å²) >= 11 is 9.19. The van der Waals surface area contributed by atoms with Crippen molar-refractivity contribution < 1.29 is 24.6 Å². The Bertz CT molecular complexity index is 1250. The maximum atomic E-state index is 15.3. The number of hydrogen-bond acceptors (Lipinski definition) is 8. The van der Waals surface area contributed by atoms with E-state index in [1.54, 1.807) is 5.38 Å². The summed E-state index contributed by atoms with van der Waals surface area (Å²) in [7, 11) is 0.529. The third-order valence-electron chi connectivity index (χ3n) is 5.91. The maximum Gasteiger partial charge on any atom is 0.416 e. The first kappa shape index (κ1) is 28.4. The summed E-state index contributed by atoms with van der Waals surface area (Å²) in [6, 6.07) is 5.83. The molecule has 1 saturated heterocycles. The lowest BCUT2D eigenvalue weighted by atomic mass is 10.1. The first-order valence-corrected chi connectivity index (χ1v) is 14.5. The van der Waals surface area contributed by atoms with Crippen molar-refractivity contribution >= 4 is 79.6 Å². The van der Waals surface area contributed by atoms with Crippen LogP contribution in [0.4, 0.5) is 40.4 Å². The smallest absolute Gasteiger partial charge is 0.368 e. The van der Waals surface area contributed by atoms with Crippen LogP contribution in [-0.4, -0.2) is 47.7 Å². The maximum absolute atomic E-state index is 15.3. The molecule has 4 rings (SSSR count). The van der Waals surface area contributed by atoms with E-state index in [4.69, 9.17) is 14.1 Å². The molecule has 2 unspecified atom stereocenters. The number of aromatic nitrogens is 1. The van der Waals surface area contributed by atoms with Crippen LogP contribution in [0.5, 0.6) is 0 Å². The van der Waals surface area contributed by atoms with Crippen LogP contribution in [0.3, 0.4) is 0 Å². The normalized spacial score (nSPS) is 18.6.